The third-order valence-electron chi connectivity index (χ3n) is 4.11. The maximum Gasteiger partial charge on any atom is 0.291 e. The minimum Gasteiger partial charge on any atom is -0.436 e. The van der Waals surface area contributed by atoms with E-state index in [2.05, 4.69) is 4.98 Å². The zero-order valence-corrected chi connectivity index (χ0v) is 12.8. The summed E-state index contributed by atoms with van der Waals surface area (Å²) >= 11 is 0. The minimum absolute atomic E-state index is 0.0836. The number of carbonyl (C=O) groups excluding carboxylic acids is 1. The van der Waals surface area contributed by atoms with Gasteiger partial charge in [0.1, 0.15) is 5.82 Å². The molecular formula is C17H19FN2O2. The molecule has 22 heavy (non-hydrogen) atoms. The SMILES string of the molecule is Cc1nc(C)c(C(=O)N2CCC(Cc3ccc(F)cc3)C2)o1. The topological polar surface area (TPSA) is 46.3 Å². The number of aromatic nitrogens is 1. The summed E-state index contributed by atoms with van der Waals surface area (Å²) in [6.07, 6.45) is 1.81. The van der Waals surface area contributed by atoms with Crippen LogP contribution in [0.3, 0.4) is 0 Å². The molecule has 0 radical (unpaired) electrons. The molecule has 1 aliphatic heterocycles. The Hall–Kier alpha value is -2.17. The first-order valence-electron chi connectivity index (χ1n) is 7.50. The summed E-state index contributed by atoms with van der Waals surface area (Å²) in [7, 11) is 0. The molecule has 0 aliphatic carbocycles. The van der Waals surface area contributed by atoms with Gasteiger partial charge >= 0.3 is 0 Å². The maximum atomic E-state index is 12.9. The highest BCUT2D eigenvalue weighted by Gasteiger charge is 2.30. The predicted molar refractivity (Wildman–Crippen MR) is 80.1 cm³/mol. The number of oxazole rings is 1. The molecule has 1 saturated heterocycles. The van der Waals surface area contributed by atoms with E-state index < -0.39 is 0 Å². The highest BCUT2D eigenvalue weighted by atomic mass is 19.1. The van der Waals surface area contributed by atoms with Gasteiger partial charge in [-0.3, -0.25) is 4.79 Å². The monoisotopic (exact) mass is 302 g/mol. The lowest BCUT2D eigenvalue weighted by atomic mass is 9.99. The van der Waals surface area contributed by atoms with E-state index in [4.69, 9.17) is 4.42 Å². The van der Waals surface area contributed by atoms with Gasteiger partial charge in [-0.25, -0.2) is 9.37 Å². The van der Waals surface area contributed by atoms with Gasteiger partial charge in [-0.15, -0.1) is 0 Å². The third kappa shape index (κ3) is 3.03. The number of amides is 1. The normalized spacial score (nSPS) is 18.0. The first-order chi connectivity index (χ1) is 10.5. The van der Waals surface area contributed by atoms with E-state index in [1.54, 1.807) is 13.8 Å². The van der Waals surface area contributed by atoms with Crippen molar-refractivity contribution in [3.05, 3.63) is 53.0 Å². The molecule has 1 aromatic carbocycles. The molecule has 3 rings (SSSR count). The lowest BCUT2D eigenvalue weighted by Crippen LogP contribution is -2.29. The fourth-order valence-corrected chi connectivity index (χ4v) is 3.01. The molecule has 2 aromatic rings. The van der Waals surface area contributed by atoms with E-state index in [-0.39, 0.29) is 11.7 Å². The van der Waals surface area contributed by atoms with Crippen LogP contribution in [0.1, 0.15) is 34.1 Å². The van der Waals surface area contributed by atoms with Crippen LogP contribution >= 0.6 is 0 Å². The summed E-state index contributed by atoms with van der Waals surface area (Å²) in [5.41, 5.74) is 1.75. The molecule has 0 spiro atoms. The summed E-state index contributed by atoms with van der Waals surface area (Å²) in [4.78, 5) is 18.4. The summed E-state index contributed by atoms with van der Waals surface area (Å²) in [6, 6.07) is 6.58. The fourth-order valence-electron chi connectivity index (χ4n) is 3.01. The van der Waals surface area contributed by atoms with Crippen LogP contribution in [0.25, 0.3) is 0 Å². The van der Waals surface area contributed by atoms with Crippen LogP contribution in [-0.4, -0.2) is 28.9 Å². The largest absolute Gasteiger partial charge is 0.436 e. The Kier molecular flexibility index (Phi) is 3.96. The second-order valence-corrected chi connectivity index (χ2v) is 5.88. The Morgan fingerprint density at radius 1 is 1.36 bits per heavy atom. The van der Waals surface area contributed by atoms with Gasteiger partial charge in [0, 0.05) is 20.0 Å². The fraction of sp³-hybridized carbons (Fsp3) is 0.412. The lowest BCUT2D eigenvalue weighted by Gasteiger charge is -2.15. The molecule has 0 bridgehead atoms. The molecule has 1 fully saturated rings. The van der Waals surface area contributed by atoms with E-state index >= 15 is 0 Å². The van der Waals surface area contributed by atoms with Crippen LogP contribution in [-0.2, 0) is 6.42 Å². The van der Waals surface area contributed by atoms with Crippen LogP contribution in [0.15, 0.2) is 28.7 Å². The Bertz CT molecular complexity index is 678. The number of hydrogen-bond donors (Lipinski definition) is 0. The van der Waals surface area contributed by atoms with Gasteiger partial charge in [0.05, 0.1) is 5.69 Å². The van der Waals surface area contributed by atoms with Gasteiger partial charge < -0.3 is 9.32 Å². The van der Waals surface area contributed by atoms with Gasteiger partial charge in [0.25, 0.3) is 5.91 Å². The zero-order valence-electron chi connectivity index (χ0n) is 12.8. The molecule has 1 aliphatic rings. The van der Waals surface area contributed by atoms with Crippen molar-refractivity contribution < 1.29 is 13.6 Å². The molecule has 1 unspecified atom stereocenters. The highest BCUT2D eigenvalue weighted by molar-refractivity contribution is 5.92. The van der Waals surface area contributed by atoms with E-state index in [0.29, 0.717) is 29.8 Å². The maximum absolute atomic E-state index is 12.9. The Morgan fingerprint density at radius 3 is 2.73 bits per heavy atom. The number of benzene rings is 1. The number of rotatable bonds is 3. The van der Waals surface area contributed by atoms with Crippen molar-refractivity contribution in [2.24, 2.45) is 5.92 Å². The average molecular weight is 302 g/mol. The van der Waals surface area contributed by atoms with Crippen molar-refractivity contribution in [1.29, 1.82) is 0 Å². The van der Waals surface area contributed by atoms with Crippen molar-refractivity contribution in [3.63, 3.8) is 0 Å². The summed E-state index contributed by atoms with van der Waals surface area (Å²) in [6.45, 7) is 4.96. The standard InChI is InChI=1S/C17H19FN2O2/c1-11-16(22-12(2)19-11)17(21)20-8-7-14(10-20)9-13-3-5-15(18)6-4-13/h3-6,14H,7-10H2,1-2H3. The Labute approximate surface area is 129 Å². The van der Waals surface area contributed by atoms with Gasteiger partial charge in [0.2, 0.25) is 5.76 Å². The first kappa shape index (κ1) is 14.8. The van der Waals surface area contributed by atoms with Crippen molar-refractivity contribution >= 4 is 5.91 Å². The van der Waals surface area contributed by atoms with Gasteiger partial charge in [-0.2, -0.15) is 0 Å². The molecule has 2 heterocycles. The molecule has 1 aromatic heterocycles. The van der Waals surface area contributed by atoms with Crippen LogP contribution in [0.4, 0.5) is 4.39 Å². The molecule has 5 heteroatoms. The van der Waals surface area contributed by atoms with E-state index in [0.717, 1.165) is 24.9 Å². The molecule has 0 N–H and O–H groups in total. The highest BCUT2D eigenvalue weighted by Crippen LogP contribution is 2.23. The van der Waals surface area contributed by atoms with Crippen LogP contribution in [0, 0.1) is 25.6 Å². The number of likely N-dealkylation sites (tertiary alicyclic amines) is 1. The summed E-state index contributed by atoms with van der Waals surface area (Å²) < 4.78 is 18.3. The van der Waals surface area contributed by atoms with Crippen LogP contribution < -0.4 is 0 Å². The summed E-state index contributed by atoms with van der Waals surface area (Å²) in [5.74, 6) is 0.962. The molecular weight excluding hydrogens is 283 g/mol. The lowest BCUT2D eigenvalue weighted by molar-refractivity contribution is 0.0753. The van der Waals surface area contributed by atoms with Crippen molar-refractivity contribution in [1.82, 2.24) is 9.88 Å². The Morgan fingerprint density at radius 2 is 2.09 bits per heavy atom. The number of carbonyl (C=O) groups is 1. The second kappa shape index (κ2) is 5.91. The molecule has 1 atom stereocenters. The first-order valence-corrected chi connectivity index (χ1v) is 7.50. The quantitative estimate of drug-likeness (QED) is 0.875. The molecule has 0 saturated carbocycles. The minimum atomic E-state index is -0.219. The average Bonchev–Trinajstić information content (AvgIpc) is 3.07. The van der Waals surface area contributed by atoms with Crippen molar-refractivity contribution in [3.8, 4) is 0 Å². The molecule has 116 valence electrons. The predicted octanol–water partition coefficient (Wildman–Crippen LogP) is 3.14. The van der Waals surface area contributed by atoms with Crippen LogP contribution in [0.2, 0.25) is 0 Å². The van der Waals surface area contributed by atoms with Gasteiger partial charge in [-0.05, 0) is 43.4 Å². The third-order valence-corrected chi connectivity index (χ3v) is 4.11. The van der Waals surface area contributed by atoms with Gasteiger partial charge in [0.15, 0.2) is 5.89 Å². The zero-order chi connectivity index (χ0) is 15.7. The number of aryl methyl sites for hydroxylation is 2. The molecule has 4 nitrogen and oxygen atoms in total. The number of nitrogens with zero attached hydrogens (tertiary/aromatic N) is 2. The van der Waals surface area contributed by atoms with Crippen molar-refractivity contribution in [2.45, 2.75) is 26.7 Å². The Balaban J connectivity index is 1.63. The van der Waals surface area contributed by atoms with Gasteiger partial charge in [-0.1, -0.05) is 12.1 Å². The van der Waals surface area contributed by atoms with Crippen molar-refractivity contribution in [2.75, 3.05) is 13.1 Å². The van der Waals surface area contributed by atoms with Crippen LogP contribution in [0.5, 0.6) is 0 Å². The smallest absolute Gasteiger partial charge is 0.291 e. The van der Waals surface area contributed by atoms with E-state index in [9.17, 15) is 9.18 Å². The molecule has 1 amide bonds. The second-order valence-electron chi connectivity index (χ2n) is 5.88. The van der Waals surface area contributed by atoms with E-state index in [1.165, 1.54) is 12.1 Å². The number of hydrogen-bond acceptors (Lipinski definition) is 3. The van der Waals surface area contributed by atoms with E-state index in [1.807, 2.05) is 17.0 Å². The summed E-state index contributed by atoms with van der Waals surface area (Å²) in [5, 5.41) is 0. The number of halogens is 1.